The van der Waals surface area contributed by atoms with Crippen LogP contribution in [0.25, 0.3) is 0 Å². The molecule has 0 aromatic heterocycles. The maximum absolute atomic E-state index is 3.34. The van der Waals surface area contributed by atoms with Crippen molar-refractivity contribution in [2.75, 3.05) is 0 Å². The van der Waals surface area contributed by atoms with Crippen LogP contribution in [0.1, 0.15) is 0 Å². The van der Waals surface area contributed by atoms with E-state index in [1.54, 1.807) is 0 Å². The molecule has 0 aliphatic rings. The van der Waals surface area contributed by atoms with Gasteiger partial charge in [-0.05, 0) is 0 Å². The Morgan fingerprint density at radius 3 is 1.00 bits per heavy atom. The topological polar surface area (TPSA) is 0 Å². The van der Waals surface area contributed by atoms with Crippen molar-refractivity contribution in [1.29, 1.82) is 0 Å². The summed E-state index contributed by atoms with van der Waals surface area (Å²) in [5, 5.41) is 0. The summed E-state index contributed by atoms with van der Waals surface area (Å²) >= 11 is 1.30. The van der Waals surface area contributed by atoms with Crippen LogP contribution in [0.5, 0.6) is 0 Å². The molecule has 0 radical (unpaired) electrons. The third-order valence-corrected chi connectivity index (χ3v) is 0. The second-order valence-electron chi connectivity index (χ2n) is 0. The summed E-state index contributed by atoms with van der Waals surface area (Å²) in [6.45, 7) is 0. The summed E-state index contributed by atoms with van der Waals surface area (Å²) in [7, 11) is 0. The molecule has 0 spiro atoms. The first kappa shape index (κ1) is 18.4. The molecule has 0 bridgehead atoms. The Hall–Kier alpha value is 1.33. The average molecular weight is 178 g/mol. The first-order valence-electron chi connectivity index (χ1n) is 0.354. The Labute approximate surface area is 53.1 Å². The Bertz CT molecular complexity index is 6.00. The third-order valence-electron chi connectivity index (χ3n) is 0. The Morgan fingerprint density at radius 2 is 1.00 bits per heavy atom. The van der Waals surface area contributed by atoms with Crippen LogP contribution in [-0.2, 0) is 24.2 Å². The quantitative estimate of drug-likeness (QED) is 0.515. The van der Waals surface area contributed by atoms with Gasteiger partial charge >= 0.3 is 28.4 Å². The van der Waals surface area contributed by atoms with Crippen molar-refractivity contribution < 1.29 is 24.2 Å². The van der Waals surface area contributed by atoms with Gasteiger partial charge in [0.15, 0.2) is 0 Å². The fourth-order valence-electron chi connectivity index (χ4n) is 0. The zero-order valence-electron chi connectivity index (χ0n) is 2.02. The minimum absolute atomic E-state index is 0. The summed E-state index contributed by atoms with van der Waals surface area (Å²) in [5.41, 5.74) is 0. The van der Waals surface area contributed by atoms with Gasteiger partial charge < -0.3 is 0 Å². The first-order valence-corrected chi connectivity index (χ1v) is 2.09. The van der Waals surface area contributed by atoms with Crippen LogP contribution in [0.15, 0.2) is 0 Å². The van der Waals surface area contributed by atoms with Crippen LogP contribution in [-0.4, -0.2) is 4.21 Å². The van der Waals surface area contributed by atoms with E-state index < -0.39 is 0 Å². The summed E-state index contributed by atoms with van der Waals surface area (Å²) in [5.74, 6) is 0. The van der Waals surface area contributed by atoms with Gasteiger partial charge in [-0.25, -0.2) is 0 Å². The van der Waals surface area contributed by atoms with Gasteiger partial charge in [0.05, 0.1) is 0 Å². The van der Waals surface area contributed by atoms with Gasteiger partial charge in [0.1, 0.15) is 0 Å². The SMILES string of the molecule is Cl.Cl.[CH2]=[Zr]. The predicted octanol–water partition coefficient (Wildman–Crippen LogP) is 0.809. The fourth-order valence-corrected chi connectivity index (χ4v) is 0. The third kappa shape index (κ3) is 10.2. The van der Waals surface area contributed by atoms with E-state index in [2.05, 4.69) is 4.21 Å². The molecule has 0 aliphatic carbocycles. The maximum atomic E-state index is 3.34. The van der Waals surface area contributed by atoms with Gasteiger partial charge in [-0.15, -0.1) is 24.8 Å². The Kier molecular flexibility index (Phi) is 125. The van der Waals surface area contributed by atoms with Crippen LogP contribution in [0.3, 0.4) is 0 Å². The molecule has 0 aromatic carbocycles. The number of hydrogen-bond donors (Lipinski definition) is 0. The average Bonchev–Trinajstić information content (AvgIpc) is 1.00. The molecule has 3 heteroatoms. The zero-order chi connectivity index (χ0) is 2.00. The van der Waals surface area contributed by atoms with Crippen molar-refractivity contribution in [3.05, 3.63) is 0 Å². The van der Waals surface area contributed by atoms with Gasteiger partial charge in [-0.1, -0.05) is 0 Å². The molecule has 0 N–H and O–H groups in total. The van der Waals surface area contributed by atoms with Crippen LogP contribution in [0.2, 0.25) is 0 Å². The Morgan fingerprint density at radius 1 is 1.00 bits per heavy atom. The summed E-state index contributed by atoms with van der Waals surface area (Å²) in [6.07, 6.45) is 0. The zero-order valence-corrected chi connectivity index (χ0v) is 6.11. The van der Waals surface area contributed by atoms with Crippen molar-refractivity contribution in [3.8, 4) is 0 Å². The molecule has 0 aromatic rings. The van der Waals surface area contributed by atoms with Gasteiger partial charge in [0.2, 0.25) is 0 Å². The molecule has 0 fully saturated rings. The number of hydrogen-bond acceptors (Lipinski definition) is 0. The van der Waals surface area contributed by atoms with E-state index in [0.29, 0.717) is 0 Å². The van der Waals surface area contributed by atoms with Gasteiger partial charge in [0.25, 0.3) is 0 Å². The molecule has 0 unspecified atom stereocenters. The molecular weight excluding hydrogens is 174 g/mol. The standard InChI is InChI=1S/CH2.2ClH.Zr/h1H2;2*1H;. The molecule has 0 saturated heterocycles. The van der Waals surface area contributed by atoms with Crippen LogP contribution in [0.4, 0.5) is 0 Å². The van der Waals surface area contributed by atoms with Gasteiger partial charge in [-0.2, -0.15) is 0 Å². The molecule has 0 saturated carbocycles. The van der Waals surface area contributed by atoms with E-state index in [-0.39, 0.29) is 24.8 Å². The van der Waals surface area contributed by atoms with E-state index in [9.17, 15) is 0 Å². The van der Waals surface area contributed by atoms with Crippen LogP contribution in [0, 0.1) is 0 Å². The van der Waals surface area contributed by atoms with Crippen LogP contribution < -0.4 is 0 Å². The van der Waals surface area contributed by atoms with Crippen LogP contribution >= 0.6 is 24.8 Å². The number of rotatable bonds is 0. The van der Waals surface area contributed by atoms with E-state index >= 15 is 0 Å². The predicted molar refractivity (Wildman–Crippen MR) is 21.6 cm³/mol. The van der Waals surface area contributed by atoms with Gasteiger partial charge in [0, 0.05) is 0 Å². The van der Waals surface area contributed by atoms with E-state index in [0.717, 1.165) is 0 Å². The molecule has 0 rings (SSSR count). The fraction of sp³-hybridized carbons (Fsp3) is 0. The molecular formula is CH4Cl2Zr. The number of halogens is 2. The second kappa shape index (κ2) is 27.1. The first-order chi connectivity index (χ1) is 1.00. The summed E-state index contributed by atoms with van der Waals surface area (Å²) < 4.78 is 3.34. The molecule has 0 amide bonds. The molecule has 26 valence electrons. The summed E-state index contributed by atoms with van der Waals surface area (Å²) in [4.78, 5) is 0. The summed E-state index contributed by atoms with van der Waals surface area (Å²) in [6, 6.07) is 0. The molecule has 0 nitrogen and oxygen atoms in total. The van der Waals surface area contributed by atoms with Crippen molar-refractivity contribution in [1.82, 2.24) is 0 Å². The molecule has 0 aliphatic heterocycles. The van der Waals surface area contributed by atoms with Crippen molar-refractivity contribution >= 4 is 29.0 Å². The normalized spacial score (nSPS) is 0.750. The van der Waals surface area contributed by atoms with Crippen molar-refractivity contribution in [2.45, 2.75) is 0 Å². The van der Waals surface area contributed by atoms with E-state index in [4.69, 9.17) is 0 Å². The van der Waals surface area contributed by atoms with E-state index in [1.165, 1.54) is 24.2 Å². The van der Waals surface area contributed by atoms with Crippen molar-refractivity contribution in [3.63, 3.8) is 0 Å². The molecule has 0 atom stereocenters. The second-order valence-corrected chi connectivity index (χ2v) is 0. The molecule has 0 heterocycles. The minimum atomic E-state index is 0. The monoisotopic (exact) mass is 176 g/mol. The molecule has 4 heavy (non-hydrogen) atoms. The van der Waals surface area contributed by atoms with E-state index in [1.807, 2.05) is 0 Å². The van der Waals surface area contributed by atoms with Gasteiger partial charge in [-0.3, -0.25) is 0 Å². The van der Waals surface area contributed by atoms with Crippen molar-refractivity contribution in [2.24, 2.45) is 0 Å². The Balaban J connectivity index is -0.00000000500.